The van der Waals surface area contributed by atoms with Crippen LogP contribution >= 0.6 is 0 Å². The van der Waals surface area contributed by atoms with Crippen molar-refractivity contribution >= 4 is 11.9 Å². The average molecular weight is 339 g/mol. The Bertz CT molecular complexity index is 759. The topological polar surface area (TPSA) is 91.0 Å². The van der Waals surface area contributed by atoms with Gasteiger partial charge in [0, 0.05) is 5.56 Å². The number of urea groups is 1. The molecular formula is C14H12F3N5O2. The van der Waals surface area contributed by atoms with E-state index in [-0.39, 0.29) is 12.4 Å². The summed E-state index contributed by atoms with van der Waals surface area (Å²) in [7, 11) is 0. The molecule has 1 saturated heterocycles. The van der Waals surface area contributed by atoms with Crippen LogP contribution in [0.4, 0.5) is 18.0 Å². The third-order valence-electron chi connectivity index (χ3n) is 3.41. The number of carbonyl (C=O) groups excluding carboxylic acids is 2. The van der Waals surface area contributed by atoms with Crippen molar-refractivity contribution in [1.29, 1.82) is 0 Å². The van der Waals surface area contributed by atoms with E-state index in [2.05, 4.69) is 15.2 Å². The third-order valence-corrected chi connectivity index (χ3v) is 3.41. The van der Waals surface area contributed by atoms with Gasteiger partial charge >= 0.3 is 12.2 Å². The Morgan fingerprint density at radius 3 is 2.54 bits per heavy atom. The molecule has 10 heteroatoms. The van der Waals surface area contributed by atoms with Gasteiger partial charge in [0.1, 0.15) is 11.9 Å². The van der Waals surface area contributed by atoms with E-state index in [0.29, 0.717) is 10.7 Å². The van der Waals surface area contributed by atoms with Crippen molar-refractivity contribution in [3.05, 3.63) is 36.2 Å². The minimum Gasteiger partial charge on any atom is -0.325 e. The van der Waals surface area contributed by atoms with E-state index >= 15 is 0 Å². The first-order valence-corrected chi connectivity index (χ1v) is 6.99. The molecule has 1 aromatic carbocycles. The molecule has 126 valence electrons. The van der Waals surface area contributed by atoms with E-state index in [1.54, 1.807) is 24.3 Å². The molecule has 0 saturated carbocycles. The first kappa shape index (κ1) is 16.0. The summed E-state index contributed by atoms with van der Waals surface area (Å²) in [4.78, 5) is 28.5. The standard InChI is InChI=1S/C14H12F3N5O2/c15-14(16,17)6-9-12(23)22(13(24)18-9)7-10-19-11(21-20-10)8-4-2-1-3-5-8/h1-5,9H,6-7H2,(H,18,24)(H,19,20,21)/t9-/m1/s1. The van der Waals surface area contributed by atoms with Gasteiger partial charge in [0.2, 0.25) is 0 Å². The number of hydrogen-bond acceptors (Lipinski definition) is 4. The van der Waals surface area contributed by atoms with Gasteiger partial charge in [-0.3, -0.25) is 14.8 Å². The Hall–Kier alpha value is -2.91. The van der Waals surface area contributed by atoms with E-state index in [1.165, 1.54) is 0 Å². The zero-order valence-corrected chi connectivity index (χ0v) is 12.2. The summed E-state index contributed by atoms with van der Waals surface area (Å²) in [5.41, 5.74) is 0.729. The second-order valence-corrected chi connectivity index (χ2v) is 5.22. The van der Waals surface area contributed by atoms with Gasteiger partial charge in [-0.05, 0) is 0 Å². The van der Waals surface area contributed by atoms with E-state index in [9.17, 15) is 22.8 Å². The smallest absolute Gasteiger partial charge is 0.325 e. The Balaban J connectivity index is 1.71. The summed E-state index contributed by atoms with van der Waals surface area (Å²) in [6.07, 6.45) is -5.95. The number of aromatic amines is 1. The molecule has 1 fully saturated rings. The van der Waals surface area contributed by atoms with Crippen LogP contribution in [0.2, 0.25) is 0 Å². The molecule has 7 nitrogen and oxygen atoms in total. The van der Waals surface area contributed by atoms with Crippen molar-refractivity contribution in [2.45, 2.75) is 25.2 Å². The molecule has 1 aliphatic heterocycles. The SMILES string of the molecule is O=C1N[C@H](CC(F)(F)F)C(=O)N1Cc1nc(-c2ccccc2)n[nH]1. The van der Waals surface area contributed by atoms with E-state index in [1.807, 2.05) is 11.4 Å². The Kier molecular flexibility index (Phi) is 3.96. The van der Waals surface area contributed by atoms with Crippen LogP contribution in [-0.2, 0) is 11.3 Å². The summed E-state index contributed by atoms with van der Waals surface area (Å²) in [6.45, 7) is -0.279. The molecule has 2 heterocycles. The zero-order chi connectivity index (χ0) is 17.3. The molecule has 2 aromatic rings. The summed E-state index contributed by atoms with van der Waals surface area (Å²) in [5.74, 6) is -0.371. The molecule has 0 bridgehead atoms. The van der Waals surface area contributed by atoms with Gasteiger partial charge in [0.25, 0.3) is 5.91 Å². The number of carbonyl (C=O) groups is 2. The van der Waals surface area contributed by atoms with E-state index in [0.717, 1.165) is 5.56 Å². The van der Waals surface area contributed by atoms with Gasteiger partial charge in [-0.15, -0.1) is 0 Å². The number of imide groups is 1. The summed E-state index contributed by atoms with van der Waals surface area (Å²) >= 11 is 0. The Morgan fingerprint density at radius 1 is 1.17 bits per heavy atom. The number of nitrogens with zero attached hydrogens (tertiary/aromatic N) is 3. The fourth-order valence-corrected chi connectivity index (χ4v) is 2.33. The van der Waals surface area contributed by atoms with Crippen LogP contribution < -0.4 is 5.32 Å². The number of amides is 3. The lowest BCUT2D eigenvalue weighted by Crippen LogP contribution is -2.34. The molecule has 1 aliphatic rings. The highest BCUT2D eigenvalue weighted by Crippen LogP contribution is 2.25. The van der Waals surface area contributed by atoms with Crippen molar-refractivity contribution in [3.8, 4) is 11.4 Å². The molecule has 3 rings (SSSR count). The largest absolute Gasteiger partial charge is 0.391 e. The second-order valence-electron chi connectivity index (χ2n) is 5.22. The van der Waals surface area contributed by atoms with Gasteiger partial charge in [0.05, 0.1) is 13.0 Å². The Morgan fingerprint density at radius 2 is 1.88 bits per heavy atom. The molecule has 1 atom stereocenters. The van der Waals surface area contributed by atoms with Crippen LogP contribution in [0.15, 0.2) is 30.3 Å². The van der Waals surface area contributed by atoms with Crippen LogP contribution in [0.1, 0.15) is 12.2 Å². The fourth-order valence-electron chi connectivity index (χ4n) is 2.33. The first-order valence-electron chi connectivity index (χ1n) is 6.99. The number of halogens is 3. The lowest BCUT2D eigenvalue weighted by atomic mass is 10.2. The highest BCUT2D eigenvalue weighted by atomic mass is 19.4. The minimum atomic E-state index is -4.55. The van der Waals surface area contributed by atoms with Gasteiger partial charge < -0.3 is 5.32 Å². The highest BCUT2D eigenvalue weighted by Gasteiger charge is 2.44. The first-order chi connectivity index (χ1) is 11.3. The van der Waals surface area contributed by atoms with Crippen LogP contribution in [-0.4, -0.2) is 44.2 Å². The van der Waals surface area contributed by atoms with Crippen molar-refractivity contribution in [2.24, 2.45) is 0 Å². The molecular weight excluding hydrogens is 327 g/mol. The van der Waals surface area contributed by atoms with Crippen molar-refractivity contribution in [2.75, 3.05) is 0 Å². The number of rotatable bonds is 4. The van der Waals surface area contributed by atoms with Crippen LogP contribution in [0.25, 0.3) is 11.4 Å². The number of nitrogens with one attached hydrogen (secondary N) is 2. The highest BCUT2D eigenvalue weighted by molar-refractivity contribution is 6.04. The van der Waals surface area contributed by atoms with Crippen LogP contribution in [0.3, 0.4) is 0 Å². The fraction of sp³-hybridized carbons (Fsp3) is 0.286. The van der Waals surface area contributed by atoms with Gasteiger partial charge in [-0.25, -0.2) is 9.78 Å². The number of aromatic nitrogens is 3. The van der Waals surface area contributed by atoms with Crippen molar-refractivity contribution in [3.63, 3.8) is 0 Å². The van der Waals surface area contributed by atoms with E-state index < -0.39 is 30.6 Å². The maximum absolute atomic E-state index is 12.4. The summed E-state index contributed by atoms with van der Waals surface area (Å²) < 4.78 is 37.2. The molecule has 0 radical (unpaired) electrons. The molecule has 3 amide bonds. The summed E-state index contributed by atoms with van der Waals surface area (Å²) in [6, 6.07) is 6.49. The zero-order valence-electron chi connectivity index (χ0n) is 12.2. The number of hydrogen-bond donors (Lipinski definition) is 2. The quantitative estimate of drug-likeness (QED) is 0.832. The lowest BCUT2D eigenvalue weighted by molar-refractivity contribution is -0.149. The molecule has 1 aromatic heterocycles. The van der Waals surface area contributed by atoms with Crippen LogP contribution in [0.5, 0.6) is 0 Å². The maximum atomic E-state index is 12.4. The molecule has 0 unspecified atom stereocenters. The van der Waals surface area contributed by atoms with Crippen LogP contribution in [0, 0.1) is 0 Å². The van der Waals surface area contributed by atoms with Crippen molar-refractivity contribution < 1.29 is 22.8 Å². The number of benzene rings is 1. The Labute approximate surface area is 133 Å². The third kappa shape index (κ3) is 3.36. The van der Waals surface area contributed by atoms with Gasteiger partial charge in [-0.2, -0.15) is 18.3 Å². The predicted octanol–water partition coefficient (Wildman–Crippen LogP) is 1.84. The molecule has 0 spiro atoms. The average Bonchev–Trinajstić information content (AvgIpc) is 3.08. The molecule has 24 heavy (non-hydrogen) atoms. The summed E-state index contributed by atoms with van der Waals surface area (Å²) in [5, 5.41) is 8.57. The van der Waals surface area contributed by atoms with E-state index in [4.69, 9.17) is 0 Å². The second kappa shape index (κ2) is 5.95. The molecule has 2 N–H and O–H groups in total. The van der Waals surface area contributed by atoms with Gasteiger partial charge in [-0.1, -0.05) is 30.3 Å². The van der Waals surface area contributed by atoms with Gasteiger partial charge in [0.15, 0.2) is 5.82 Å². The maximum Gasteiger partial charge on any atom is 0.391 e. The number of alkyl halides is 3. The minimum absolute atomic E-state index is 0.199. The molecule has 0 aliphatic carbocycles. The monoisotopic (exact) mass is 339 g/mol. The normalized spacial score (nSPS) is 18.1. The number of H-pyrrole nitrogens is 1. The predicted molar refractivity (Wildman–Crippen MR) is 75.4 cm³/mol. The van der Waals surface area contributed by atoms with Crippen molar-refractivity contribution in [1.82, 2.24) is 25.4 Å². The lowest BCUT2D eigenvalue weighted by Gasteiger charge is -2.12.